The molecule has 0 bridgehead atoms. The van der Waals surface area contributed by atoms with Crippen LogP contribution in [0.25, 0.3) is 5.70 Å². The summed E-state index contributed by atoms with van der Waals surface area (Å²) < 4.78 is 25.1. The molecule has 0 unspecified atom stereocenters. The van der Waals surface area contributed by atoms with E-state index >= 15 is 0 Å². The first-order chi connectivity index (χ1) is 19.8. The van der Waals surface area contributed by atoms with E-state index < -0.39 is 0 Å². The lowest BCUT2D eigenvalue weighted by atomic mass is 10.0. The third kappa shape index (κ3) is 7.76. The summed E-state index contributed by atoms with van der Waals surface area (Å²) in [5.74, 6) is 1.81. The molecule has 1 aliphatic rings. The summed E-state index contributed by atoms with van der Waals surface area (Å²) in [6.45, 7) is 7.77. The van der Waals surface area contributed by atoms with Crippen molar-refractivity contribution in [3.8, 4) is 17.6 Å². The molecule has 1 heterocycles. The molecule has 1 fully saturated rings. The second kappa shape index (κ2) is 14.3. The molecule has 4 rings (SSSR count). The third-order valence-electron chi connectivity index (χ3n) is 6.12. The molecule has 3 aromatic rings. The first-order valence-electron chi connectivity index (χ1n) is 12.7. The predicted molar refractivity (Wildman–Crippen MR) is 168 cm³/mol. The van der Waals surface area contributed by atoms with E-state index in [0.717, 1.165) is 11.5 Å². The lowest BCUT2D eigenvalue weighted by Crippen LogP contribution is -2.24. The zero-order valence-electron chi connectivity index (χ0n) is 22.5. The molecule has 7 nitrogen and oxygen atoms in total. The van der Waals surface area contributed by atoms with E-state index in [-0.39, 0.29) is 24.2 Å². The Hall–Kier alpha value is -3.65. The Morgan fingerprint density at radius 2 is 1.93 bits per heavy atom. The minimum absolute atomic E-state index is 0.0928. The minimum Gasteiger partial charge on any atom is -0.492 e. The standard InChI is InChI=1S/C30H28ClFN4O3S2/c1-4-38-28-13-25(34-3)23(12-26(28)36-30(37)20-16-40-41-17-20)29(18(2)14-33)35-22-8-9-27(24(31)11-22)39-15-19-6-5-7-21(32)10-19/h5-13,20,35H,3-4,15-17H2,1-2H3,(H,36,37)/b29-18-. The van der Waals surface area contributed by atoms with E-state index in [1.165, 1.54) is 12.1 Å². The fourth-order valence-electron chi connectivity index (χ4n) is 4.01. The molecule has 3 aromatic carbocycles. The van der Waals surface area contributed by atoms with Gasteiger partial charge < -0.3 is 20.1 Å². The largest absolute Gasteiger partial charge is 0.492 e. The number of anilines is 2. The van der Waals surface area contributed by atoms with E-state index in [2.05, 4.69) is 28.4 Å². The van der Waals surface area contributed by atoms with E-state index in [9.17, 15) is 14.4 Å². The summed E-state index contributed by atoms with van der Waals surface area (Å²) >= 11 is 6.51. The molecule has 212 valence electrons. The summed E-state index contributed by atoms with van der Waals surface area (Å²) in [6, 6.07) is 16.9. The van der Waals surface area contributed by atoms with E-state index in [1.54, 1.807) is 71.0 Å². The Labute approximate surface area is 251 Å². The van der Waals surface area contributed by atoms with E-state index in [4.69, 9.17) is 21.1 Å². The molecule has 0 aromatic heterocycles. The Kier molecular flexibility index (Phi) is 10.6. The van der Waals surface area contributed by atoms with Crippen molar-refractivity contribution in [2.75, 3.05) is 28.7 Å². The number of nitriles is 1. The fourth-order valence-corrected chi connectivity index (χ4v) is 7.02. The third-order valence-corrected chi connectivity index (χ3v) is 8.97. The molecule has 0 spiro atoms. The Morgan fingerprint density at radius 3 is 2.59 bits per heavy atom. The molecular weight excluding hydrogens is 583 g/mol. The molecule has 0 radical (unpaired) electrons. The highest BCUT2D eigenvalue weighted by molar-refractivity contribution is 8.77. The zero-order valence-corrected chi connectivity index (χ0v) is 24.9. The first kappa shape index (κ1) is 30.3. The lowest BCUT2D eigenvalue weighted by Gasteiger charge is -2.20. The van der Waals surface area contributed by atoms with Crippen molar-refractivity contribution >= 4 is 68.6 Å². The molecule has 2 N–H and O–H groups in total. The smallest absolute Gasteiger partial charge is 0.229 e. The molecule has 1 saturated heterocycles. The van der Waals surface area contributed by atoms with Crippen LogP contribution in [0, 0.1) is 23.1 Å². The number of rotatable bonds is 11. The molecule has 0 saturated carbocycles. The number of hydrogen-bond donors (Lipinski definition) is 2. The number of carbonyl (C=O) groups is 1. The second-order valence-corrected chi connectivity index (χ2v) is 12.0. The van der Waals surface area contributed by atoms with Crippen molar-refractivity contribution in [2.24, 2.45) is 10.9 Å². The van der Waals surface area contributed by atoms with Gasteiger partial charge in [-0.05, 0) is 62.5 Å². The number of amides is 1. The molecule has 41 heavy (non-hydrogen) atoms. The maximum atomic E-state index is 13.5. The second-order valence-electron chi connectivity index (χ2n) is 9.01. The van der Waals surface area contributed by atoms with Gasteiger partial charge in [-0.2, -0.15) is 5.26 Å². The Bertz CT molecular complexity index is 1520. The van der Waals surface area contributed by atoms with Crippen LogP contribution in [-0.4, -0.2) is 30.7 Å². The van der Waals surface area contributed by atoms with Gasteiger partial charge in [0.2, 0.25) is 5.91 Å². The number of benzene rings is 3. The summed E-state index contributed by atoms with van der Waals surface area (Å²) in [5.41, 5.74) is 3.60. The van der Waals surface area contributed by atoms with Gasteiger partial charge in [0.05, 0.1) is 46.3 Å². The quantitative estimate of drug-likeness (QED) is 0.129. The molecule has 0 atom stereocenters. The fraction of sp³-hybridized carbons (Fsp3) is 0.233. The number of carbonyl (C=O) groups excluding carboxylic acids is 1. The maximum absolute atomic E-state index is 13.5. The monoisotopic (exact) mass is 610 g/mol. The van der Waals surface area contributed by atoms with Gasteiger partial charge in [0.15, 0.2) is 0 Å². The van der Waals surface area contributed by atoms with Crippen LogP contribution in [0.1, 0.15) is 25.0 Å². The molecule has 1 amide bonds. The average molecular weight is 611 g/mol. The van der Waals surface area contributed by atoms with Crippen LogP contribution in [0.4, 0.5) is 21.5 Å². The number of allylic oxidation sites excluding steroid dienone is 1. The normalized spacial score (nSPS) is 13.6. The van der Waals surface area contributed by atoms with E-state index in [0.29, 0.717) is 62.6 Å². The summed E-state index contributed by atoms with van der Waals surface area (Å²) in [6.07, 6.45) is 0. The Balaban J connectivity index is 1.63. The summed E-state index contributed by atoms with van der Waals surface area (Å²) in [7, 11) is 3.35. The molecule has 1 aliphatic heterocycles. The number of hydrogen-bond acceptors (Lipinski definition) is 8. The highest BCUT2D eigenvalue weighted by atomic mass is 35.5. The first-order valence-corrected chi connectivity index (χ1v) is 15.6. The predicted octanol–water partition coefficient (Wildman–Crippen LogP) is 8.11. The van der Waals surface area contributed by atoms with Gasteiger partial charge in [-0.3, -0.25) is 9.79 Å². The average Bonchev–Trinajstić information content (AvgIpc) is 3.51. The van der Waals surface area contributed by atoms with Crippen LogP contribution in [0.15, 0.2) is 65.2 Å². The van der Waals surface area contributed by atoms with Gasteiger partial charge in [-0.1, -0.05) is 45.3 Å². The van der Waals surface area contributed by atoms with Crippen molar-refractivity contribution in [1.82, 2.24) is 0 Å². The molecular formula is C30H28ClFN4O3S2. The highest BCUT2D eigenvalue weighted by Gasteiger charge is 2.26. The lowest BCUT2D eigenvalue weighted by molar-refractivity contribution is -0.118. The number of aliphatic imine (C=N–C) groups is 1. The highest BCUT2D eigenvalue weighted by Crippen LogP contribution is 2.40. The summed E-state index contributed by atoms with van der Waals surface area (Å²) in [5, 5.41) is 16.4. The van der Waals surface area contributed by atoms with Crippen LogP contribution in [0.3, 0.4) is 0 Å². The number of nitrogens with zero attached hydrogens (tertiary/aromatic N) is 2. The molecule has 11 heteroatoms. The van der Waals surface area contributed by atoms with Crippen molar-refractivity contribution in [3.05, 3.63) is 82.1 Å². The van der Waals surface area contributed by atoms with Crippen LogP contribution < -0.4 is 20.1 Å². The van der Waals surface area contributed by atoms with Crippen LogP contribution in [0.5, 0.6) is 11.5 Å². The van der Waals surface area contributed by atoms with E-state index in [1.807, 2.05) is 6.92 Å². The molecule has 0 aliphatic carbocycles. The van der Waals surface area contributed by atoms with Gasteiger partial charge in [0.1, 0.15) is 23.9 Å². The van der Waals surface area contributed by atoms with Crippen LogP contribution in [0.2, 0.25) is 5.02 Å². The number of ether oxygens (including phenoxy) is 2. The number of halogens is 2. The summed E-state index contributed by atoms with van der Waals surface area (Å²) in [4.78, 5) is 17.1. The SMILES string of the molecule is C=Nc1cc(OCC)c(NC(=O)C2CSSC2)cc1/C(Nc1ccc(OCc2cccc(F)c2)c(Cl)c1)=C(\C)C#N. The van der Waals surface area contributed by atoms with Gasteiger partial charge in [0, 0.05) is 28.8 Å². The van der Waals surface area contributed by atoms with Gasteiger partial charge in [0.25, 0.3) is 0 Å². The van der Waals surface area contributed by atoms with Gasteiger partial charge in [-0.25, -0.2) is 4.39 Å². The maximum Gasteiger partial charge on any atom is 0.229 e. The number of nitrogens with one attached hydrogen (secondary N) is 2. The van der Waals surface area contributed by atoms with Gasteiger partial charge >= 0.3 is 0 Å². The van der Waals surface area contributed by atoms with Crippen LogP contribution >= 0.6 is 33.2 Å². The Morgan fingerprint density at radius 1 is 1.15 bits per heavy atom. The van der Waals surface area contributed by atoms with Crippen molar-refractivity contribution < 1.29 is 18.7 Å². The van der Waals surface area contributed by atoms with Crippen molar-refractivity contribution in [3.63, 3.8) is 0 Å². The topological polar surface area (TPSA) is 95.7 Å². The van der Waals surface area contributed by atoms with Crippen molar-refractivity contribution in [2.45, 2.75) is 20.5 Å². The van der Waals surface area contributed by atoms with Crippen molar-refractivity contribution in [1.29, 1.82) is 5.26 Å². The van der Waals surface area contributed by atoms with Gasteiger partial charge in [-0.15, -0.1) is 0 Å². The van der Waals surface area contributed by atoms with Crippen LogP contribution in [-0.2, 0) is 11.4 Å². The minimum atomic E-state index is -0.342. The zero-order chi connectivity index (χ0) is 29.4.